The van der Waals surface area contributed by atoms with E-state index in [0.717, 1.165) is 6.20 Å². The van der Waals surface area contributed by atoms with Crippen molar-refractivity contribution in [3.8, 4) is 11.8 Å². The molecular formula is C11H10F2N2O3. The number of carbonyl (C=O) groups is 1. The van der Waals surface area contributed by atoms with Gasteiger partial charge in [-0.3, -0.25) is 9.78 Å². The molecule has 0 bridgehead atoms. The Morgan fingerprint density at radius 3 is 2.67 bits per heavy atom. The summed E-state index contributed by atoms with van der Waals surface area (Å²) in [6, 6.07) is 1.63. The Morgan fingerprint density at radius 2 is 2.22 bits per heavy atom. The van der Waals surface area contributed by atoms with Crippen molar-refractivity contribution >= 4 is 5.97 Å². The van der Waals surface area contributed by atoms with Crippen LogP contribution in [0.4, 0.5) is 8.78 Å². The second-order valence-corrected chi connectivity index (χ2v) is 3.23. The lowest BCUT2D eigenvalue weighted by Crippen LogP contribution is -2.10. The summed E-state index contributed by atoms with van der Waals surface area (Å²) in [6.07, 6.45) is -2.23. The number of hydrogen-bond acceptors (Lipinski definition) is 5. The average molecular weight is 256 g/mol. The highest BCUT2D eigenvalue weighted by Gasteiger charge is 2.22. The molecule has 1 aromatic heterocycles. The van der Waals surface area contributed by atoms with Crippen LogP contribution in [0.5, 0.6) is 5.75 Å². The molecule has 0 spiro atoms. The third-order valence-electron chi connectivity index (χ3n) is 2.23. The van der Waals surface area contributed by atoms with Crippen LogP contribution < -0.4 is 4.74 Å². The second kappa shape index (κ2) is 5.91. The van der Waals surface area contributed by atoms with E-state index in [0.29, 0.717) is 0 Å². The maximum Gasteiger partial charge on any atom is 0.311 e. The molecule has 1 rings (SSSR count). The smallest absolute Gasteiger partial charge is 0.311 e. The molecule has 0 radical (unpaired) electrons. The fraction of sp³-hybridized carbons (Fsp3) is 0.364. The van der Waals surface area contributed by atoms with Crippen LogP contribution in [-0.4, -0.2) is 25.2 Å². The van der Waals surface area contributed by atoms with Crippen LogP contribution in [0.1, 0.15) is 23.2 Å². The Hall–Kier alpha value is -2.23. The monoisotopic (exact) mass is 256 g/mol. The van der Waals surface area contributed by atoms with Gasteiger partial charge in [-0.1, -0.05) is 0 Å². The van der Waals surface area contributed by atoms with Crippen LogP contribution in [0.15, 0.2) is 6.20 Å². The second-order valence-electron chi connectivity index (χ2n) is 3.23. The van der Waals surface area contributed by atoms with Gasteiger partial charge in [-0.05, 0) is 0 Å². The van der Waals surface area contributed by atoms with Gasteiger partial charge in [0.25, 0.3) is 6.43 Å². The number of pyridine rings is 1. The van der Waals surface area contributed by atoms with E-state index in [1.165, 1.54) is 14.2 Å². The first-order chi connectivity index (χ1) is 8.54. The van der Waals surface area contributed by atoms with E-state index < -0.39 is 18.0 Å². The molecule has 1 aromatic rings. The van der Waals surface area contributed by atoms with E-state index in [4.69, 9.17) is 10.00 Å². The molecule has 1 heterocycles. The molecule has 5 nitrogen and oxygen atoms in total. The van der Waals surface area contributed by atoms with Gasteiger partial charge < -0.3 is 9.47 Å². The molecule has 0 aliphatic heterocycles. The lowest BCUT2D eigenvalue weighted by molar-refractivity contribution is -0.139. The van der Waals surface area contributed by atoms with E-state index in [-0.39, 0.29) is 23.4 Å². The number of alkyl halides is 2. The number of nitriles is 1. The molecule has 0 unspecified atom stereocenters. The largest absolute Gasteiger partial charge is 0.493 e. The number of methoxy groups -OCH3 is 2. The van der Waals surface area contributed by atoms with Crippen molar-refractivity contribution < 1.29 is 23.0 Å². The van der Waals surface area contributed by atoms with Gasteiger partial charge in [-0.15, -0.1) is 0 Å². The topological polar surface area (TPSA) is 72.2 Å². The predicted molar refractivity (Wildman–Crippen MR) is 56.2 cm³/mol. The van der Waals surface area contributed by atoms with Gasteiger partial charge in [-0.2, -0.15) is 5.26 Å². The van der Waals surface area contributed by atoms with Crippen LogP contribution in [0.25, 0.3) is 0 Å². The van der Waals surface area contributed by atoms with Gasteiger partial charge in [-0.25, -0.2) is 8.78 Å². The van der Waals surface area contributed by atoms with Crippen LogP contribution in [0.3, 0.4) is 0 Å². The van der Waals surface area contributed by atoms with Crippen molar-refractivity contribution in [2.75, 3.05) is 14.2 Å². The molecule has 96 valence electrons. The lowest BCUT2D eigenvalue weighted by Gasteiger charge is -2.11. The minimum atomic E-state index is -2.84. The van der Waals surface area contributed by atoms with E-state index in [2.05, 4.69) is 9.72 Å². The summed E-state index contributed by atoms with van der Waals surface area (Å²) < 4.78 is 34.6. The summed E-state index contributed by atoms with van der Waals surface area (Å²) in [5.74, 6) is -0.727. The molecule has 0 aliphatic rings. The highest BCUT2D eigenvalue weighted by Crippen LogP contribution is 2.31. The van der Waals surface area contributed by atoms with Crippen molar-refractivity contribution in [3.05, 3.63) is 23.0 Å². The molecule has 0 saturated heterocycles. The molecule has 0 aliphatic carbocycles. The summed E-state index contributed by atoms with van der Waals surface area (Å²) in [5, 5.41) is 8.89. The summed E-state index contributed by atoms with van der Waals surface area (Å²) in [6.45, 7) is 0. The van der Waals surface area contributed by atoms with Crippen molar-refractivity contribution in [3.63, 3.8) is 0 Å². The fourth-order valence-electron chi connectivity index (χ4n) is 1.38. The number of rotatable bonds is 4. The van der Waals surface area contributed by atoms with Gasteiger partial charge >= 0.3 is 5.97 Å². The van der Waals surface area contributed by atoms with E-state index in [1.54, 1.807) is 6.07 Å². The van der Waals surface area contributed by atoms with Crippen molar-refractivity contribution in [1.29, 1.82) is 5.26 Å². The number of hydrogen-bond donors (Lipinski definition) is 0. The van der Waals surface area contributed by atoms with Gasteiger partial charge in [0.15, 0.2) is 5.75 Å². The summed E-state index contributed by atoms with van der Waals surface area (Å²) >= 11 is 0. The van der Waals surface area contributed by atoms with E-state index >= 15 is 0 Å². The summed E-state index contributed by atoms with van der Waals surface area (Å²) in [4.78, 5) is 14.8. The Kier molecular flexibility index (Phi) is 4.54. The minimum Gasteiger partial charge on any atom is -0.493 e. The van der Waals surface area contributed by atoms with E-state index in [9.17, 15) is 13.6 Å². The number of esters is 1. The molecule has 0 amide bonds. The van der Waals surface area contributed by atoms with Crippen LogP contribution >= 0.6 is 0 Å². The molecule has 18 heavy (non-hydrogen) atoms. The number of aromatic nitrogens is 1. The third-order valence-corrected chi connectivity index (χ3v) is 2.23. The highest BCUT2D eigenvalue weighted by molar-refractivity contribution is 5.73. The maximum atomic E-state index is 12.7. The van der Waals surface area contributed by atoms with Crippen LogP contribution in [0, 0.1) is 11.3 Å². The van der Waals surface area contributed by atoms with E-state index in [1.807, 2.05) is 0 Å². The first-order valence-corrected chi connectivity index (χ1v) is 4.86. The highest BCUT2D eigenvalue weighted by atomic mass is 19.3. The molecule has 7 heteroatoms. The summed E-state index contributed by atoms with van der Waals surface area (Å²) in [5.41, 5.74) is -0.755. The zero-order chi connectivity index (χ0) is 13.7. The fourth-order valence-corrected chi connectivity index (χ4v) is 1.38. The van der Waals surface area contributed by atoms with Gasteiger partial charge in [0.05, 0.1) is 31.9 Å². The van der Waals surface area contributed by atoms with Crippen molar-refractivity contribution in [1.82, 2.24) is 4.98 Å². The Labute approximate surface area is 102 Å². The Balaban J connectivity index is 3.31. The Bertz CT molecular complexity index is 498. The average Bonchev–Trinajstić information content (AvgIpc) is 2.37. The molecule has 0 atom stereocenters. The molecule has 0 N–H and O–H groups in total. The molecule has 0 aromatic carbocycles. The van der Waals surface area contributed by atoms with Crippen molar-refractivity contribution in [2.45, 2.75) is 12.8 Å². The quantitative estimate of drug-likeness (QED) is 0.765. The number of ether oxygens (including phenoxy) is 2. The van der Waals surface area contributed by atoms with Gasteiger partial charge in [0, 0.05) is 6.20 Å². The van der Waals surface area contributed by atoms with Crippen LogP contribution in [-0.2, 0) is 16.0 Å². The first kappa shape index (κ1) is 13.8. The zero-order valence-corrected chi connectivity index (χ0v) is 9.74. The van der Waals surface area contributed by atoms with Crippen LogP contribution in [0.2, 0.25) is 0 Å². The van der Waals surface area contributed by atoms with Gasteiger partial charge in [0.1, 0.15) is 11.6 Å². The standard InChI is InChI=1S/C11H10F2N2O3/c1-17-9(16)3-8-10(18-2)6(4-14)7(5-15-8)11(12)13/h5,11H,3H2,1-2H3. The maximum absolute atomic E-state index is 12.7. The predicted octanol–water partition coefficient (Wildman–Crippen LogP) is 1.61. The molecule has 0 fully saturated rings. The zero-order valence-electron chi connectivity index (χ0n) is 9.74. The number of nitrogens with zero attached hydrogens (tertiary/aromatic N) is 2. The minimum absolute atomic E-state index is 0.0882. The molecule has 0 saturated carbocycles. The van der Waals surface area contributed by atoms with Gasteiger partial charge in [0.2, 0.25) is 0 Å². The SMILES string of the molecule is COC(=O)Cc1ncc(C(F)F)c(C#N)c1OC. The normalized spacial score (nSPS) is 10.0. The lowest BCUT2D eigenvalue weighted by atomic mass is 10.1. The number of halogens is 2. The van der Waals surface area contributed by atoms with Crippen molar-refractivity contribution in [2.24, 2.45) is 0 Å². The number of carbonyl (C=O) groups excluding carboxylic acids is 1. The summed E-state index contributed by atoms with van der Waals surface area (Å²) in [7, 11) is 2.40. The first-order valence-electron chi connectivity index (χ1n) is 4.86. The Morgan fingerprint density at radius 1 is 1.56 bits per heavy atom. The molecular weight excluding hydrogens is 246 g/mol. The third kappa shape index (κ3) is 2.71.